The first-order valence-corrected chi connectivity index (χ1v) is 10.1. The number of nitrogens with zero attached hydrogens (tertiary/aromatic N) is 1. The fourth-order valence-corrected chi connectivity index (χ4v) is 4.24. The normalized spacial score (nSPS) is 16.8. The van der Waals surface area contributed by atoms with Gasteiger partial charge in [0.15, 0.2) is 0 Å². The molecule has 0 aromatic heterocycles. The summed E-state index contributed by atoms with van der Waals surface area (Å²) >= 11 is 1.64. The number of hydrogen-bond acceptors (Lipinski definition) is 3. The summed E-state index contributed by atoms with van der Waals surface area (Å²) in [7, 11) is 0. The van der Waals surface area contributed by atoms with Crippen LogP contribution < -0.4 is 10.2 Å². The van der Waals surface area contributed by atoms with Crippen molar-refractivity contribution in [2.24, 2.45) is 0 Å². The van der Waals surface area contributed by atoms with Crippen LogP contribution in [0.5, 0.6) is 0 Å². The monoisotopic (exact) mass is 368 g/mol. The maximum Gasteiger partial charge on any atom is 0.238 e. The molecule has 5 heteroatoms. The van der Waals surface area contributed by atoms with Gasteiger partial charge in [0.2, 0.25) is 11.8 Å². The zero-order valence-electron chi connectivity index (χ0n) is 15.2. The summed E-state index contributed by atoms with van der Waals surface area (Å²) < 4.78 is 0. The van der Waals surface area contributed by atoms with E-state index in [4.69, 9.17) is 0 Å². The Hall–Kier alpha value is -2.27. The van der Waals surface area contributed by atoms with Crippen LogP contribution >= 0.6 is 11.8 Å². The summed E-state index contributed by atoms with van der Waals surface area (Å²) in [5, 5.41) is 2.87. The molecule has 136 valence electrons. The Labute approximate surface area is 159 Å². The molecule has 2 aromatic carbocycles. The number of aryl methyl sites for hydroxylation is 1. The highest BCUT2D eigenvalue weighted by molar-refractivity contribution is 8.00. The number of benzene rings is 2. The molecule has 2 amide bonds. The van der Waals surface area contributed by atoms with E-state index >= 15 is 0 Å². The lowest BCUT2D eigenvalue weighted by Gasteiger charge is -2.25. The first-order chi connectivity index (χ1) is 12.6. The van der Waals surface area contributed by atoms with Gasteiger partial charge in [0, 0.05) is 17.8 Å². The number of carbonyl (C=O) groups is 2. The third kappa shape index (κ3) is 4.10. The third-order valence-electron chi connectivity index (χ3n) is 4.42. The summed E-state index contributed by atoms with van der Waals surface area (Å²) in [6, 6.07) is 16.0. The third-order valence-corrected chi connectivity index (χ3v) is 5.63. The van der Waals surface area contributed by atoms with E-state index < -0.39 is 0 Å². The molecule has 0 aliphatic carbocycles. The molecule has 1 fully saturated rings. The lowest BCUT2D eigenvalue weighted by molar-refractivity contribution is -0.116. The van der Waals surface area contributed by atoms with E-state index in [1.165, 1.54) is 5.56 Å². The zero-order valence-corrected chi connectivity index (χ0v) is 16.0. The zero-order chi connectivity index (χ0) is 18.5. The predicted molar refractivity (Wildman–Crippen MR) is 108 cm³/mol. The van der Waals surface area contributed by atoms with Crippen LogP contribution in [0.15, 0.2) is 48.5 Å². The highest BCUT2D eigenvalue weighted by Crippen LogP contribution is 2.42. The van der Waals surface area contributed by atoms with E-state index in [1.807, 2.05) is 48.2 Å². The number of anilines is 2. The van der Waals surface area contributed by atoms with E-state index in [9.17, 15) is 9.59 Å². The molecule has 4 nitrogen and oxygen atoms in total. The van der Waals surface area contributed by atoms with Gasteiger partial charge in [-0.25, -0.2) is 0 Å². The number of amides is 2. The minimum absolute atomic E-state index is 0.0312. The minimum atomic E-state index is -0.0324. The lowest BCUT2D eigenvalue weighted by atomic mass is 10.1. The largest absolute Gasteiger partial charge is 0.326 e. The quantitative estimate of drug-likeness (QED) is 0.799. The van der Waals surface area contributed by atoms with E-state index in [-0.39, 0.29) is 17.2 Å². The molecule has 0 spiro atoms. The molecule has 1 saturated heterocycles. The molecule has 3 rings (SSSR count). The van der Waals surface area contributed by atoms with Crippen molar-refractivity contribution in [1.82, 2.24) is 0 Å². The maximum absolute atomic E-state index is 12.5. The molecule has 1 aliphatic heterocycles. The Kier molecular flexibility index (Phi) is 5.99. The smallest absolute Gasteiger partial charge is 0.238 e. The van der Waals surface area contributed by atoms with Gasteiger partial charge in [-0.15, -0.1) is 11.8 Å². The molecular formula is C21H24N2O2S. The van der Waals surface area contributed by atoms with Crippen LogP contribution in [0.1, 0.15) is 43.2 Å². The molecule has 1 N–H and O–H groups in total. The first-order valence-electron chi connectivity index (χ1n) is 9.04. The van der Waals surface area contributed by atoms with Gasteiger partial charge in [-0.05, 0) is 48.2 Å². The Morgan fingerprint density at radius 3 is 2.65 bits per heavy atom. The molecule has 1 atom stereocenters. The summed E-state index contributed by atoms with van der Waals surface area (Å²) in [6.07, 6.45) is 2.30. The Morgan fingerprint density at radius 1 is 1.19 bits per heavy atom. The van der Waals surface area contributed by atoms with Gasteiger partial charge >= 0.3 is 0 Å². The second kappa shape index (κ2) is 8.41. The van der Waals surface area contributed by atoms with Gasteiger partial charge in [-0.3, -0.25) is 14.5 Å². The van der Waals surface area contributed by atoms with E-state index in [0.717, 1.165) is 29.8 Å². The number of thioether (sulfide) groups is 1. The van der Waals surface area contributed by atoms with Gasteiger partial charge in [-0.2, -0.15) is 0 Å². The van der Waals surface area contributed by atoms with Crippen molar-refractivity contribution in [3.63, 3.8) is 0 Å². The average Bonchev–Trinajstić information content (AvgIpc) is 3.04. The molecule has 26 heavy (non-hydrogen) atoms. The van der Waals surface area contributed by atoms with Crippen molar-refractivity contribution in [1.29, 1.82) is 0 Å². The SMILES string of the molecule is CCCC(=O)Nc1ccc(C2SCC(=O)N2c2cccc(CC)c2)cc1. The van der Waals surface area contributed by atoms with E-state index in [2.05, 4.69) is 24.4 Å². The second-order valence-corrected chi connectivity index (χ2v) is 7.44. The number of nitrogens with one attached hydrogen (secondary N) is 1. The summed E-state index contributed by atoms with van der Waals surface area (Å²) in [4.78, 5) is 26.1. The Morgan fingerprint density at radius 2 is 1.96 bits per heavy atom. The molecule has 1 heterocycles. The average molecular weight is 369 g/mol. The highest BCUT2D eigenvalue weighted by Gasteiger charge is 2.34. The summed E-state index contributed by atoms with van der Waals surface area (Å²) in [5.41, 5.74) is 4.03. The van der Waals surface area contributed by atoms with Crippen LogP contribution in [0.4, 0.5) is 11.4 Å². The lowest BCUT2D eigenvalue weighted by Crippen LogP contribution is -2.27. The molecule has 1 aliphatic rings. The Balaban J connectivity index is 1.80. The van der Waals surface area contributed by atoms with Crippen molar-refractivity contribution >= 4 is 35.0 Å². The van der Waals surface area contributed by atoms with Crippen LogP contribution in [0, 0.1) is 0 Å². The van der Waals surface area contributed by atoms with Crippen molar-refractivity contribution in [3.05, 3.63) is 59.7 Å². The number of rotatable bonds is 6. The minimum Gasteiger partial charge on any atom is -0.326 e. The molecule has 2 aromatic rings. The second-order valence-electron chi connectivity index (χ2n) is 6.37. The van der Waals surface area contributed by atoms with Gasteiger partial charge in [0.25, 0.3) is 0 Å². The molecule has 0 radical (unpaired) electrons. The van der Waals surface area contributed by atoms with Gasteiger partial charge in [0.05, 0.1) is 5.75 Å². The van der Waals surface area contributed by atoms with Crippen LogP contribution in [-0.2, 0) is 16.0 Å². The maximum atomic E-state index is 12.5. The molecule has 0 bridgehead atoms. The van der Waals surface area contributed by atoms with Crippen LogP contribution in [-0.4, -0.2) is 17.6 Å². The standard InChI is InChI=1S/C21H24N2O2S/c1-3-6-19(24)22-17-11-9-16(10-12-17)21-23(20(25)14-26-21)18-8-5-7-15(4-2)13-18/h5,7-13,21H,3-4,6,14H2,1-2H3,(H,22,24). The first kappa shape index (κ1) is 18.5. The van der Waals surface area contributed by atoms with Crippen LogP contribution in [0.25, 0.3) is 0 Å². The van der Waals surface area contributed by atoms with Crippen molar-refractivity contribution < 1.29 is 9.59 Å². The fourth-order valence-electron chi connectivity index (χ4n) is 3.06. The van der Waals surface area contributed by atoms with Gasteiger partial charge < -0.3 is 5.32 Å². The van der Waals surface area contributed by atoms with Gasteiger partial charge in [0.1, 0.15) is 5.37 Å². The van der Waals surface area contributed by atoms with Crippen LogP contribution in [0.3, 0.4) is 0 Å². The Bertz CT molecular complexity index is 789. The topological polar surface area (TPSA) is 49.4 Å². The van der Waals surface area contributed by atoms with Gasteiger partial charge in [-0.1, -0.05) is 38.1 Å². The summed E-state index contributed by atoms with van der Waals surface area (Å²) in [6.45, 7) is 4.10. The number of hydrogen-bond donors (Lipinski definition) is 1. The van der Waals surface area contributed by atoms with Crippen molar-refractivity contribution in [2.45, 2.75) is 38.5 Å². The fraction of sp³-hybridized carbons (Fsp3) is 0.333. The van der Waals surface area contributed by atoms with Crippen LogP contribution in [0.2, 0.25) is 0 Å². The molecule has 1 unspecified atom stereocenters. The predicted octanol–water partition coefficient (Wildman–Crippen LogP) is 4.77. The molecular weight excluding hydrogens is 344 g/mol. The number of carbonyl (C=O) groups excluding carboxylic acids is 2. The highest BCUT2D eigenvalue weighted by atomic mass is 32.2. The summed E-state index contributed by atoms with van der Waals surface area (Å²) in [5.74, 6) is 0.646. The van der Waals surface area contributed by atoms with E-state index in [0.29, 0.717) is 12.2 Å². The van der Waals surface area contributed by atoms with Crippen molar-refractivity contribution in [2.75, 3.05) is 16.0 Å². The molecule has 0 saturated carbocycles. The van der Waals surface area contributed by atoms with E-state index in [1.54, 1.807) is 11.8 Å². The van der Waals surface area contributed by atoms with Crippen molar-refractivity contribution in [3.8, 4) is 0 Å².